The summed E-state index contributed by atoms with van der Waals surface area (Å²) in [6, 6.07) is 12.7. The van der Waals surface area contributed by atoms with Crippen LogP contribution in [0.5, 0.6) is 11.6 Å². The van der Waals surface area contributed by atoms with Crippen molar-refractivity contribution in [1.82, 2.24) is 24.5 Å². The molecule has 1 N–H and O–H groups in total. The number of aromatic nitrogens is 4. The van der Waals surface area contributed by atoms with Gasteiger partial charge >= 0.3 is 0 Å². The molecule has 0 saturated heterocycles. The number of methoxy groups -OCH3 is 1. The molecule has 0 aliphatic carbocycles. The lowest BCUT2D eigenvalue weighted by atomic mass is 10.2. The third-order valence-electron chi connectivity index (χ3n) is 4.41. The number of halogens is 2. The van der Waals surface area contributed by atoms with Crippen molar-refractivity contribution >= 4 is 15.7 Å². The van der Waals surface area contributed by atoms with Crippen LogP contribution in [0.1, 0.15) is 0 Å². The summed E-state index contributed by atoms with van der Waals surface area (Å²) in [7, 11) is -2.62. The fourth-order valence-electron chi connectivity index (χ4n) is 2.95. The maximum Gasteiger partial charge on any atom is 0.243 e. The van der Waals surface area contributed by atoms with E-state index in [-0.39, 0.29) is 19.0 Å². The molecule has 0 aliphatic rings. The van der Waals surface area contributed by atoms with Crippen LogP contribution in [0.25, 0.3) is 17.0 Å². The summed E-state index contributed by atoms with van der Waals surface area (Å²) in [6.07, 6.45) is 0. The standard InChI is InChI=1S/C20H17F2N5O4S/c1-30-16-5-3-2-4-14(16)20-25-24-18-8-9-19(26-27(18)20)31-11-10-23-32(28,29)17-7-6-13(21)12-15(17)22/h2-9,12,23H,10-11H2,1H3. The summed E-state index contributed by atoms with van der Waals surface area (Å²) in [5.74, 6) is -0.817. The quantitative estimate of drug-likeness (QED) is 0.402. The molecule has 0 amide bonds. The Morgan fingerprint density at radius 1 is 1.06 bits per heavy atom. The largest absolute Gasteiger partial charge is 0.496 e. The highest BCUT2D eigenvalue weighted by molar-refractivity contribution is 7.89. The van der Waals surface area contributed by atoms with Crippen molar-refractivity contribution in [2.75, 3.05) is 20.3 Å². The summed E-state index contributed by atoms with van der Waals surface area (Å²) in [4.78, 5) is -0.649. The van der Waals surface area contributed by atoms with E-state index in [4.69, 9.17) is 9.47 Å². The zero-order valence-corrected chi connectivity index (χ0v) is 17.5. The molecule has 0 spiro atoms. The topological polar surface area (TPSA) is 108 Å². The number of hydrogen-bond acceptors (Lipinski definition) is 7. The zero-order valence-electron chi connectivity index (χ0n) is 16.7. The fourth-order valence-corrected chi connectivity index (χ4v) is 4.02. The van der Waals surface area contributed by atoms with E-state index in [0.717, 1.165) is 12.1 Å². The van der Waals surface area contributed by atoms with Gasteiger partial charge in [-0.1, -0.05) is 12.1 Å². The van der Waals surface area contributed by atoms with Gasteiger partial charge in [-0.3, -0.25) is 0 Å². The second-order valence-corrected chi connectivity index (χ2v) is 8.22. The van der Waals surface area contributed by atoms with Crippen LogP contribution in [0, 0.1) is 11.6 Å². The van der Waals surface area contributed by atoms with Gasteiger partial charge in [0.15, 0.2) is 11.5 Å². The molecule has 0 unspecified atom stereocenters. The number of nitrogens with zero attached hydrogens (tertiary/aromatic N) is 4. The molecule has 12 heteroatoms. The molecule has 4 aromatic rings. The van der Waals surface area contributed by atoms with Crippen molar-refractivity contribution in [2.45, 2.75) is 4.90 Å². The van der Waals surface area contributed by atoms with E-state index < -0.39 is 26.6 Å². The second kappa shape index (κ2) is 8.85. The summed E-state index contributed by atoms with van der Waals surface area (Å²) in [5.41, 5.74) is 1.16. The van der Waals surface area contributed by atoms with Crippen LogP contribution in [0.4, 0.5) is 8.78 Å². The average Bonchev–Trinajstić information content (AvgIpc) is 3.19. The number of sulfonamides is 1. The first-order valence-electron chi connectivity index (χ1n) is 9.32. The van der Waals surface area contributed by atoms with E-state index in [1.54, 1.807) is 25.3 Å². The maximum atomic E-state index is 13.7. The van der Waals surface area contributed by atoms with Gasteiger partial charge in [0.05, 0.1) is 12.7 Å². The van der Waals surface area contributed by atoms with Crippen LogP contribution in [0.15, 0.2) is 59.5 Å². The summed E-state index contributed by atoms with van der Waals surface area (Å²) in [5, 5.41) is 12.6. The van der Waals surface area contributed by atoms with E-state index in [1.807, 2.05) is 18.2 Å². The molecule has 2 heterocycles. The molecule has 0 radical (unpaired) electrons. The predicted octanol–water partition coefficient (Wildman–Crippen LogP) is 2.44. The van der Waals surface area contributed by atoms with E-state index in [1.165, 1.54) is 4.52 Å². The second-order valence-electron chi connectivity index (χ2n) is 6.49. The minimum absolute atomic E-state index is 0.0906. The third-order valence-corrected chi connectivity index (χ3v) is 5.91. The van der Waals surface area contributed by atoms with Gasteiger partial charge in [0.25, 0.3) is 0 Å². The molecule has 0 fully saturated rings. The van der Waals surface area contributed by atoms with Crippen LogP contribution in [-0.2, 0) is 10.0 Å². The van der Waals surface area contributed by atoms with Crippen LogP contribution in [-0.4, -0.2) is 48.5 Å². The number of benzene rings is 2. The Balaban J connectivity index is 1.46. The Kier molecular flexibility index (Phi) is 5.97. The highest BCUT2D eigenvalue weighted by Crippen LogP contribution is 2.28. The number of fused-ring (bicyclic) bond motifs is 1. The van der Waals surface area contributed by atoms with Crippen molar-refractivity contribution < 1.29 is 26.7 Å². The predicted molar refractivity (Wildman–Crippen MR) is 110 cm³/mol. The van der Waals surface area contributed by atoms with Crippen molar-refractivity contribution in [3.8, 4) is 23.0 Å². The van der Waals surface area contributed by atoms with Crippen molar-refractivity contribution in [3.63, 3.8) is 0 Å². The smallest absolute Gasteiger partial charge is 0.243 e. The molecule has 0 bridgehead atoms. The van der Waals surface area contributed by atoms with Gasteiger partial charge in [0, 0.05) is 18.7 Å². The first kappa shape index (κ1) is 21.6. The number of para-hydroxylation sites is 1. The molecule has 166 valence electrons. The molecule has 0 saturated carbocycles. The van der Waals surface area contributed by atoms with Crippen molar-refractivity contribution in [1.29, 1.82) is 0 Å². The summed E-state index contributed by atoms with van der Waals surface area (Å²) >= 11 is 0. The van der Waals surface area contributed by atoms with Gasteiger partial charge < -0.3 is 9.47 Å². The number of hydrogen-bond donors (Lipinski definition) is 1. The molecular formula is C20H17F2N5O4S. The van der Waals surface area contributed by atoms with E-state index >= 15 is 0 Å². The minimum atomic E-state index is -4.17. The van der Waals surface area contributed by atoms with E-state index in [0.29, 0.717) is 28.9 Å². The fraction of sp³-hybridized carbons (Fsp3) is 0.150. The normalized spacial score (nSPS) is 11.6. The molecule has 2 aromatic heterocycles. The average molecular weight is 461 g/mol. The van der Waals surface area contributed by atoms with Gasteiger partial charge in [-0.2, -0.15) is 4.52 Å². The summed E-state index contributed by atoms with van der Waals surface area (Å²) in [6.45, 7) is -0.257. The highest BCUT2D eigenvalue weighted by Gasteiger charge is 2.19. The Bertz CT molecular complexity index is 1380. The summed E-state index contributed by atoms with van der Waals surface area (Å²) < 4.78 is 65.7. The first-order valence-corrected chi connectivity index (χ1v) is 10.8. The van der Waals surface area contributed by atoms with Crippen molar-refractivity contribution in [2.24, 2.45) is 0 Å². The molecular weight excluding hydrogens is 444 g/mol. The van der Waals surface area contributed by atoms with E-state index in [9.17, 15) is 17.2 Å². The third kappa shape index (κ3) is 4.36. The van der Waals surface area contributed by atoms with Crippen molar-refractivity contribution in [3.05, 3.63) is 66.2 Å². The van der Waals surface area contributed by atoms with Gasteiger partial charge in [0.2, 0.25) is 15.9 Å². The Hall–Kier alpha value is -3.64. The van der Waals surface area contributed by atoms with Crippen LogP contribution in [0.3, 0.4) is 0 Å². The highest BCUT2D eigenvalue weighted by atomic mass is 32.2. The Morgan fingerprint density at radius 3 is 2.66 bits per heavy atom. The first-order chi connectivity index (χ1) is 15.4. The lowest BCUT2D eigenvalue weighted by molar-refractivity contribution is 0.305. The molecule has 32 heavy (non-hydrogen) atoms. The molecule has 0 aliphatic heterocycles. The number of rotatable bonds is 8. The lowest BCUT2D eigenvalue weighted by Crippen LogP contribution is -2.29. The lowest BCUT2D eigenvalue weighted by Gasteiger charge is -2.09. The maximum absolute atomic E-state index is 13.7. The minimum Gasteiger partial charge on any atom is -0.496 e. The molecule has 4 rings (SSSR count). The van der Waals surface area contributed by atoms with Crippen LogP contribution in [0.2, 0.25) is 0 Å². The zero-order chi connectivity index (χ0) is 22.7. The number of ether oxygens (including phenoxy) is 2. The molecule has 0 atom stereocenters. The van der Waals surface area contributed by atoms with Gasteiger partial charge in [-0.25, -0.2) is 21.9 Å². The van der Waals surface area contributed by atoms with Gasteiger partial charge in [-0.05, 0) is 30.3 Å². The van der Waals surface area contributed by atoms with Crippen LogP contribution >= 0.6 is 0 Å². The number of nitrogens with one attached hydrogen (secondary N) is 1. The Labute approximate surface area is 181 Å². The monoisotopic (exact) mass is 461 g/mol. The Morgan fingerprint density at radius 2 is 1.88 bits per heavy atom. The molecule has 2 aromatic carbocycles. The van der Waals surface area contributed by atoms with Gasteiger partial charge in [0.1, 0.15) is 28.9 Å². The SMILES string of the molecule is COc1ccccc1-c1nnc2ccc(OCCNS(=O)(=O)c3ccc(F)cc3F)nn12. The van der Waals surface area contributed by atoms with E-state index in [2.05, 4.69) is 20.0 Å². The van der Waals surface area contributed by atoms with Gasteiger partial charge in [-0.15, -0.1) is 15.3 Å². The van der Waals surface area contributed by atoms with Crippen LogP contribution < -0.4 is 14.2 Å². The molecule has 9 nitrogen and oxygen atoms in total.